The zero-order valence-corrected chi connectivity index (χ0v) is 20.2. The molecule has 0 saturated heterocycles. The number of ether oxygens (including phenoxy) is 1. The number of esters is 1. The van der Waals surface area contributed by atoms with E-state index in [9.17, 15) is 19.5 Å². The predicted molar refractivity (Wildman–Crippen MR) is 126 cm³/mol. The van der Waals surface area contributed by atoms with Crippen LogP contribution in [0.5, 0.6) is 11.5 Å². The van der Waals surface area contributed by atoms with Gasteiger partial charge in [0.15, 0.2) is 0 Å². The molecule has 2 rings (SSSR count). The van der Waals surface area contributed by atoms with Gasteiger partial charge < -0.3 is 13.8 Å². The maximum Gasteiger partial charge on any atom is 0.513 e. The molecule has 0 unspecified atom stereocenters. The van der Waals surface area contributed by atoms with Crippen LogP contribution in [0.1, 0.15) is 46.0 Å². The summed E-state index contributed by atoms with van der Waals surface area (Å²) in [6.45, 7) is 3.87. The largest absolute Gasteiger partial charge is 0.513 e. The maximum atomic E-state index is 13.5. The Balaban J connectivity index is 2.07. The highest BCUT2D eigenvalue weighted by atomic mass is 35.5. The second kappa shape index (κ2) is 13.2. The number of halogens is 1. The molecule has 0 heterocycles. The van der Waals surface area contributed by atoms with Crippen molar-refractivity contribution in [2.45, 2.75) is 52.0 Å². The molecule has 11 heteroatoms. The molecule has 0 bridgehead atoms. The summed E-state index contributed by atoms with van der Waals surface area (Å²) >= 11 is 5.88. The van der Waals surface area contributed by atoms with Gasteiger partial charge in [-0.1, -0.05) is 44.2 Å². The van der Waals surface area contributed by atoms with Gasteiger partial charge in [-0.05, 0) is 49.7 Å². The topological polar surface area (TPSA) is 117 Å². The highest BCUT2D eigenvalue weighted by Crippen LogP contribution is 2.45. The highest BCUT2D eigenvalue weighted by molar-refractivity contribution is 7.52. The molecule has 0 saturated carbocycles. The van der Waals surface area contributed by atoms with Crippen LogP contribution in [-0.2, 0) is 14.1 Å². The fraction of sp³-hybridized carbons (Fsp3) is 0.409. The Bertz CT molecular complexity index is 954. The van der Waals surface area contributed by atoms with E-state index < -0.39 is 24.7 Å². The normalized spacial score (nSPS) is 13.5. The van der Waals surface area contributed by atoms with E-state index in [-0.39, 0.29) is 23.8 Å². The molecule has 2 aromatic carbocycles. The van der Waals surface area contributed by atoms with Gasteiger partial charge in [0.2, 0.25) is 0 Å². The Hall–Kier alpha value is -2.61. The monoisotopic (exact) mass is 498 g/mol. The van der Waals surface area contributed by atoms with E-state index in [1.165, 1.54) is 43.3 Å². The molecule has 0 aliphatic carbocycles. The Labute approximate surface area is 198 Å². The van der Waals surface area contributed by atoms with Crippen LogP contribution in [0.15, 0.2) is 48.5 Å². The highest BCUT2D eigenvalue weighted by Gasteiger charge is 2.34. The van der Waals surface area contributed by atoms with E-state index in [1.807, 2.05) is 0 Å². The Kier molecular flexibility index (Phi) is 10.6. The molecule has 0 radical (unpaired) electrons. The van der Waals surface area contributed by atoms with Crippen molar-refractivity contribution in [3.8, 4) is 11.5 Å². The van der Waals surface area contributed by atoms with Gasteiger partial charge in [-0.25, -0.2) is 4.57 Å². The third kappa shape index (κ3) is 9.42. The lowest BCUT2D eigenvalue weighted by molar-refractivity contribution is -0.384. The smallest absolute Gasteiger partial charge is 0.465 e. The zero-order valence-electron chi connectivity index (χ0n) is 18.6. The Morgan fingerprint density at radius 1 is 1.03 bits per heavy atom. The standard InChI is InChI=1S/C22H28ClN2O7P/c1-3-4-5-6-7-16-30-22(26)17(2)24-33(29,31-20-12-8-18(23)9-13-20)32-21-14-10-19(11-15-21)25(27)28/h8-15,17H,3-7,16H2,1-2H3,(H,24,29)/t17-,33+/m0/s1. The van der Waals surface area contributed by atoms with Crippen LogP contribution < -0.4 is 14.1 Å². The molecule has 2 atom stereocenters. The lowest BCUT2D eigenvalue weighted by Gasteiger charge is -2.23. The summed E-state index contributed by atoms with van der Waals surface area (Å²) in [6.07, 6.45) is 5.05. The second-order valence-electron chi connectivity index (χ2n) is 7.32. The van der Waals surface area contributed by atoms with Crippen LogP contribution in [0.3, 0.4) is 0 Å². The third-order valence-corrected chi connectivity index (χ3v) is 6.37. The summed E-state index contributed by atoms with van der Waals surface area (Å²) in [4.78, 5) is 22.7. The van der Waals surface area contributed by atoms with E-state index in [2.05, 4.69) is 12.0 Å². The molecule has 0 aliphatic heterocycles. The van der Waals surface area contributed by atoms with E-state index in [4.69, 9.17) is 25.4 Å². The van der Waals surface area contributed by atoms with Gasteiger partial charge in [0.05, 0.1) is 11.5 Å². The van der Waals surface area contributed by atoms with Crippen molar-refractivity contribution in [2.24, 2.45) is 0 Å². The number of nitrogens with zero attached hydrogens (tertiary/aromatic N) is 1. The molecule has 180 valence electrons. The number of rotatable bonds is 14. The van der Waals surface area contributed by atoms with Gasteiger partial charge in [-0.15, -0.1) is 0 Å². The minimum atomic E-state index is -4.14. The maximum absolute atomic E-state index is 13.5. The number of unbranched alkanes of at least 4 members (excludes halogenated alkanes) is 4. The van der Waals surface area contributed by atoms with Crippen molar-refractivity contribution in [1.29, 1.82) is 0 Å². The number of hydrogen-bond donors (Lipinski definition) is 1. The first-order valence-electron chi connectivity index (χ1n) is 10.7. The second-order valence-corrected chi connectivity index (χ2v) is 9.37. The lowest BCUT2D eigenvalue weighted by atomic mass is 10.2. The quantitative estimate of drug-likeness (QED) is 0.106. The van der Waals surface area contributed by atoms with Crippen molar-refractivity contribution in [3.63, 3.8) is 0 Å². The van der Waals surface area contributed by atoms with Gasteiger partial charge in [-0.2, -0.15) is 5.09 Å². The van der Waals surface area contributed by atoms with Crippen LogP contribution in [0, 0.1) is 10.1 Å². The first-order chi connectivity index (χ1) is 15.7. The fourth-order valence-electron chi connectivity index (χ4n) is 2.77. The van der Waals surface area contributed by atoms with E-state index in [0.29, 0.717) is 5.02 Å². The molecular formula is C22H28ClN2O7P. The summed E-state index contributed by atoms with van der Waals surface area (Å²) in [5.41, 5.74) is -0.153. The van der Waals surface area contributed by atoms with Crippen molar-refractivity contribution < 1.29 is 28.1 Å². The molecule has 1 N–H and O–H groups in total. The number of nitrogens with one attached hydrogen (secondary N) is 1. The van der Waals surface area contributed by atoms with E-state index in [0.717, 1.165) is 32.1 Å². The third-order valence-electron chi connectivity index (χ3n) is 4.51. The molecule has 33 heavy (non-hydrogen) atoms. The van der Waals surface area contributed by atoms with Crippen LogP contribution in [0.25, 0.3) is 0 Å². The molecule has 0 spiro atoms. The SMILES string of the molecule is CCCCCCCOC(=O)[C@H](C)N[P@@](=O)(Oc1ccc(Cl)cc1)Oc1ccc([N+](=O)[O-])cc1. The predicted octanol–water partition coefficient (Wildman–Crippen LogP) is 6.31. The first-order valence-corrected chi connectivity index (χ1v) is 12.6. The average Bonchev–Trinajstić information content (AvgIpc) is 2.77. The lowest BCUT2D eigenvalue weighted by Crippen LogP contribution is -2.36. The summed E-state index contributed by atoms with van der Waals surface area (Å²) in [5, 5.41) is 13.9. The van der Waals surface area contributed by atoms with Gasteiger partial charge in [0.25, 0.3) is 5.69 Å². The summed E-state index contributed by atoms with van der Waals surface area (Å²) in [5.74, 6) is -0.353. The van der Waals surface area contributed by atoms with Crippen LogP contribution in [0.2, 0.25) is 5.02 Å². The minimum Gasteiger partial charge on any atom is -0.465 e. The molecule has 0 fully saturated rings. The number of carbonyl (C=O) groups is 1. The van der Waals surface area contributed by atoms with Gasteiger partial charge >= 0.3 is 13.7 Å². The number of carbonyl (C=O) groups excluding carboxylic acids is 1. The van der Waals surface area contributed by atoms with Gasteiger partial charge in [0.1, 0.15) is 17.5 Å². The molecule has 9 nitrogen and oxygen atoms in total. The Morgan fingerprint density at radius 3 is 2.12 bits per heavy atom. The average molecular weight is 499 g/mol. The van der Waals surface area contributed by atoms with E-state index in [1.54, 1.807) is 12.1 Å². The molecular weight excluding hydrogens is 471 g/mol. The number of nitro benzene ring substituents is 1. The molecule has 0 aromatic heterocycles. The van der Waals surface area contributed by atoms with Crippen molar-refractivity contribution in [3.05, 3.63) is 63.7 Å². The number of non-ortho nitro benzene ring substituents is 1. The zero-order chi connectivity index (χ0) is 24.3. The van der Waals surface area contributed by atoms with Crippen molar-refractivity contribution in [1.82, 2.24) is 5.09 Å². The van der Waals surface area contributed by atoms with E-state index >= 15 is 0 Å². The summed E-state index contributed by atoms with van der Waals surface area (Å²) in [6, 6.07) is 10.1. The van der Waals surface area contributed by atoms with Crippen LogP contribution in [0.4, 0.5) is 5.69 Å². The molecule has 0 aliphatic rings. The van der Waals surface area contributed by atoms with Crippen molar-refractivity contribution >= 4 is 31.0 Å². The van der Waals surface area contributed by atoms with Crippen LogP contribution >= 0.6 is 19.3 Å². The fourth-order valence-corrected chi connectivity index (χ4v) is 4.41. The number of nitro groups is 1. The summed E-state index contributed by atoms with van der Waals surface area (Å²) in [7, 11) is -4.14. The minimum absolute atomic E-state index is 0.0573. The molecule has 0 amide bonds. The van der Waals surface area contributed by atoms with Crippen LogP contribution in [-0.4, -0.2) is 23.5 Å². The summed E-state index contributed by atoms with van der Waals surface area (Å²) < 4.78 is 29.8. The van der Waals surface area contributed by atoms with Gasteiger partial charge in [0, 0.05) is 17.2 Å². The first kappa shape index (κ1) is 26.6. The van der Waals surface area contributed by atoms with Crippen molar-refractivity contribution in [2.75, 3.05) is 6.61 Å². The number of hydrogen-bond acceptors (Lipinski definition) is 7. The Morgan fingerprint density at radius 2 is 1.58 bits per heavy atom. The molecule has 2 aromatic rings. The van der Waals surface area contributed by atoms with Gasteiger partial charge in [-0.3, -0.25) is 14.9 Å². The number of benzene rings is 2.